The molecule has 2 N–H and O–H groups in total. The number of esters is 2. The van der Waals surface area contributed by atoms with Gasteiger partial charge < -0.3 is 20.1 Å². The fourth-order valence-electron chi connectivity index (χ4n) is 3.64. The molecular weight excluding hydrogens is 452 g/mol. The minimum Gasteiger partial charge on any atom is -0.465 e. The van der Waals surface area contributed by atoms with Gasteiger partial charge in [0.05, 0.1) is 18.2 Å². The molecule has 172 valence electrons. The predicted molar refractivity (Wildman–Crippen MR) is 124 cm³/mol. The highest BCUT2D eigenvalue weighted by Crippen LogP contribution is 2.38. The highest BCUT2D eigenvalue weighted by Gasteiger charge is 2.27. The van der Waals surface area contributed by atoms with Crippen LogP contribution in [0, 0.1) is 13.8 Å². The fraction of sp³-hybridized carbons (Fsp3) is 0.455. The van der Waals surface area contributed by atoms with Crippen molar-refractivity contribution < 1.29 is 28.7 Å². The third kappa shape index (κ3) is 5.18. The van der Waals surface area contributed by atoms with Crippen molar-refractivity contribution in [1.29, 1.82) is 0 Å². The van der Waals surface area contributed by atoms with Crippen LogP contribution in [0.4, 0.5) is 10.0 Å². The van der Waals surface area contributed by atoms with E-state index in [0.717, 1.165) is 47.4 Å². The Morgan fingerprint density at radius 2 is 1.59 bits per heavy atom. The summed E-state index contributed by atoms with van der Waals surface area (Å²) in [6, 6.07) is 0. The molecule has 3 rings (SSSR count). The average Bonchev–Trinajstić information content (AvgIpc) is 3.09. The summed E-state index contributed by atoms with van der Waals surface area (Å²) in [5, 5.41) is 6.16. The van der Waals surface area contributed by atoms with E-state index >= 15 is 0 Å². The smallest absolute Gasteiger partial charge is 0.341 e. The predicted octanol–water partition coefficient (Wildman–Crippen LogP) is 4.24. The molecule has 32 heavy (non-hydrogen) atoms. The number of thiophene rings is 2. The molecule has 0 aliphatic heterocycles. The van der Waals surface area contributed by atoms with Gasteiger partial charge in [0.15, 0.2) is 6.61 Å². The lowest BCUT2D eigenvalue weighted by Crippen LogP contribution is -2.22. The third-order valence-corrected chi connectivity index (χ3v) is 7.61. The monoisotopic (exact) mass is 478 g/mol. The molecule has 10 heteroatoms. The van der Waals surface area contributed by atoms with Crippen molar-refractivity contribution in [2.75, 3.05) is 24.4 Å². The normalized spacial score (nSPS) is 13.0. The number of rotatable bonds is 6. The Kier molecular flexibility index (Phi) is 7.68. The van der Waals surface area contributed by atoms with Gasteiger partial charge in [0, 0.05) is 16.7 Å². The van der Waals surface area contributed by atoms with E-state index in [-0.39, 0.29) is 11.5 Å². The molecule has 2 aromatic heterocycles. The molecule has 0 saturated heterocycles. The van der Waals surface area contributed by atoms with E-state index < -0.39 is 24.5 Å². The minimum atomic E-state index is -0.694. The Morgan fingerprint density at radius 1 is 0.906 bits per heavy atom. The maximum atomic E-state index is 12.6. The van der Waals surface area contributed by atoms with Crippen molar-refractivity contribution in [2.24, 2.45) is 0 Å². The van der Waals surface area contributed by atoms with Crippen LogP contribution in [0.25, 0.3) is 0 Å². The summed E-state index contributed by atoms with van der Waals surface area (Å²) in [6.45, 7) is 4.43. The second-order valence-electron chi connectivity index (χ2n) is 7.55. The van der Waals surface area contributed by atoms with E-state index in [9.17, 15) is 19.2 Å². The molecule has 0 radical (unpaired) electrons. The Morgan fingerprint density at radius 3 is 2.28 bits per heavy atom. The first-order valence-corrected chi connectivity index (χ1v) is 11.9. The highest BCUT2D eigenvalue weighted by atomic mass is 32.1. The largest absolute Gasteiger partial charge is 0.465 e. The summed E-state index contributed by atoms with van der Waals surface area (Å²) in [5.41, 5.74) is 2.27. The lowest BCUT2D eigenvalue weighted by molar-refractivity contribution is -0.119. The summed E-state index contributed by atoms with van der Waals surface area (Å²) in [7, 11) is 1.31. The van der Waals surface area contributed by atoms with Crippen LogP contribution in [0.2, 0.25) is 0 Å². The molecule has 0 spiro atoms. The molecule has 2 aromatic rings. The molecule has 0 bridgehead atoms. The van der Waals surface area contributed by atoms with Crippen LogP contribution in [0.15, 0.2) is 0 Å². The summed E-state index contributed by atoms with van der Waals surface area (Å²) in [6.07, 6.45) is 4.74. The van der Waals surface area contributed by atoms with Crippen LogP contribution < -0.4 is 10.6 Å². The highest BCUT2D eigenvalue weighted by molar-refractivity contribution is 7.17. The Labute approximate surface area is 194 Å². The Bertz CT molecular complexity index is 1070. The van der Waals surface area contributed by atoms with Gasteiger partial charge in [-0.15, -0.1) is 22.7 Å². The van der Waals surface area contributed by atoms with Crippen LogP contribution in [-0.2, 0) is 31.9 Å². The maximum absolute atomic E-state index is 12.6. The minimum absolute atomic E-state index is 0.244. The number of hydrogen-bond donors (Lipinski definition) is 2. The van der Waals surface area contributed by atoms with E-state index in [4.69, 9.17) is 9.47 Å². The number of amides is 2. The number of aryl methyl sites for hydroxylation is 2. The topological polar surface area (TPSA) is 111 Å². The molecule has 0 unspecified atom stereocenters. The van der Waals surface area contributed by atoms with Crippen molar-refractivity contribution in [3.8, 4) is 0 Å². The lowest BCUT2D eigenvalue weighted by Gasteiger charge is -2.09. The van der Waals surface area contributed by atoms with Gasteiger partial charge in [-0.05, 0) is 50.7 Å². The second-order valence-corrected chi connectivity index (χ2v) is 9.88. The fourth-order valence-corrected chi connectivity index (χ4v) is 6.02. The van der Waals surface area contributed by atoms with Crippen molar-refractivity contribution >= 4 is 56.4 Å². The molecule has 1 aliphatic rings. The number of hydrogen-bond acceptors (Lipinski definition) is 8. The van der Waals surface area contributed by atoms with E-state index in [2.05, 4.69) is 10.6 Å². The van der Waals surface area contributed by atoms with Gasteiger partial charge >= 0.3 is 11.9 Å². The SMILES string of the molecule is COC(=O)c1c(NC(=O)COC(=O)c2c(NC(C)=O)sc(C)c2C)sc2c1CCCCC2. The number of nitrogens with one attached hydrogen (secondary N) is 2. The lowest BCUT2D eigenvalue weighted by atomic mass is 10.1. The van der Waals surface area contributed by atoms with Gasteiger partial charge in [0.1, 0.15) is 10.0 Å². The quantitative estimate of drug-likeness (QED) is 0.475. The molecule has 1 aliphatic carbocycles. The molecule has 0 fully saturated rings. The van der Waals surface area contributed by atoms with Crippen LogP contribution in [0.3, 0.4) is 0 Å². The van der Waals surface area contributed by atoms with Gasteiger partial charge in [-0.25, -0.2) is 9.59 Å². The van der Waals surface area contributed by atoms with Gasteiger partial charge in [0.2, 0.25) is 5.91 Å². The molecule has 2 amide bonds. The van der Waals surface area contributed by atoms with Crippen molar-refractivity contribution in [2.45, 2.75) is 52.9 Å². The average molecular weight is 479 g/mol. The van der Waals surface area contributed by atoms with Crippen LogP contribution in [-0.4, -0.2) is 37.5 Å². The summed E-state index contributed by atoms with van der Waals surface area (Å²) >= 11 is 2.65. The first-order valence-electron chi connectivity index (χ1n) is 10.3. The molecule has 2 heterocycles. The van der Waals surface area contributed by atoms with Gasteiger partial charge in [-0.3, -0.25) is 9.59 Å². The zero-order chi connectivity index (χ0) is 23.4. The standard InChI is InChI=1S/C22H26N2O6S2/c1-11-12(2)31-19(23-13(3)25)17(11)22(28)30-10-16(26)24-20-18(21(27)29-4)14-8-6-5-7-9-15(14)32-20/h5-10H2,1-4H3,(H,23,25)(H,24,26). The second kappa shape index (κ2) is 10.3. The Hall–Kier alpha value is -2.72. The van der Waals surface area contributed by atoms with E-state index in [1.54, 1.807) is 6.92 Å². The molecular formula is C22H26N2O6S2. The number of methoxy groups -OCH3 is 1. The summed E-state index contributed by atoms with van der Waals surface area (Å²) in [4.78, 5) is 51.0. The number of ether oxygens (including phenoxy) is 2. The van der Waals surface area contributed by atoms with Gasteiger partial charge in [0.25, 0.3) is 5.91 Å². The summed E-state index contributed by atoms with van der Waals surface area (Å²) in [5.74, 6) is -2.03. The molecule has 0 atom stereocenters. The van der Waals surface area contributed by atoms with E-state index in [1.807, 2.05) is 6.92 Å². The number of carbonyl (C=O) groups is 4. The van der Waals surface area contributed by atoms with Crippen molar-refractivity contribution in [3.05, 3.63) is 32.0 Å². The van der Waals surface area contributed by atoms with Gasteiger partial charge in [-0.2, -0.15) is 0 Å². The maximum Gasteiger partial charge on any atom is 0.341 e. The molecule has 0 saturated carbocycles. The van der Waals surface area contributed by atoms with Crippen molar-refractivity contribution in [3.63, 3.8) is 0 Å². The van der Waals surface area contributed by atoms with Crippen LogP contribution in [0.5, 0.6) is 0 Å². The van der Waals surface area contributed by atoms with E-state index in [1.165, 1.54) is 36.7 Å². The summed E-state index contributed by atoms with van der Waals surface area (Å²) < 4.78 is 10.2. The molecule has 8 nitrogen and oxygen atoms in total. The zero-order valence-electron chi connectivity index (χ0n) is 18.5. The van der Waals surface area contributed by atoms with E-state index in [0.29, 0.717) is 21.1 Å². The third-order valence-electron chi connectivity index (χ3n) is 5.28. The number of carbonyl (C=O) groups excluding carboxylic acids is 4. The van der Waals surface area contributed by atoms with Crippen LogP contribution in [0.1, 0.15) is 67.8 Å². The van der Waals surface area contributed by atoms with Crippen LogP contribution >= 0.6 is 22.7 Å². The van der Waals surface area contributed by atoms with Crippen molar-refractivity contribution in [1.82, 2.24) is 0 Å². The van der Waals surface area contributed by atoms with Gasteiger partial charge in [-0.1, -0.05) is 6.42 Å². The first kappa shape index (κ1) is 23.9. The zero-order valence-corrected chi connectivity index (χ0v) is 20.1. The Balaban J connectivity index is 1.73. The first-order chi connectivity index (χ1) is 15.2. The molecule has 0 aromatic carbocycles. The number of fused-ring (bicyclic) bond motifs is 1. The number of anilines is 2.